The third kappa shape index (κ3) is 5.12. The SMILES string of the molecule is CC(=O)Nc1ccc(S(=O)(=O)c2cccc(C)c2S(=O)(=O)c2ccc(NC(C)=O)cc2)cc1. The molecule has 33 heavy (non-hydrogen) atoms. The van der Waals surface area contributed by atoms with Crippen molar-refractivity contribution >= 4 is 42.9 Å². The van der Waals surface area contributed by atoms with Crippen molar-refractivity contribution in [1.29, 1.82) is 0 Å². The molecule has 0 bridgehead atoms. The van der Waals surface area contributed by atoms with Crippen molar-refractivity contribution in [2.45, 2.75) is 40.4 Å². The number of anilines is 2. The molecular weight excluding hydrogens is 464 g/mol. The summed E-state index contributed by atoms with van der Waals surface area (Å²) in [6.07, 6.45) is 0. The quantitative estimate of drug-likeness (QED) is 0.548. The van der Waals surface area contributed by atoms with Crippen molar-refractivity contribution in [2.75, 3.05) is 10.6 Å². The molecular formula is C23H22N2O6S2. The van der Waals surface area contributed by atoms with Crippen LogP contribution in [-0.4, -0.2) is 28.6 Å². The van der Waals surface area contributed by atoms with Gasteiger partial charge in [0.15, 0.2) is 0 Å². The van der Waals surface area contributed by atoms with Crippen LogP contribution in [-0.2, 0) is 29.3 Å². The summed E-state index contributed by atoms with van der Waals surface area (Å²) in [5, 5.41) is 5.10. The topological polar surface area (TPSA) is 126 Å². The summed E-state index contributed by atoms with van der Waals surface area (Å²) in [5.41, 5.74) is 1.10. The maximum Gasteiger partial charge on any atom is 0.221 e. The molecule has 0 aromatic heterocycles. The molecule has 10 heteroatoms. The van der Waals surface area contributed by atoms with Crippen molar-refractivity contribution < 1.29 is 26.4 Å². The first-order valence-corrected chi connectivity index (χ1v) is 12.7. The number of amides is 2. The van der Waals surface area contributed by atoms with Gasteiger partial charge in [0, 0.05) is 25.2 Å². The Labute approximate surface area is 192 Å². The molecule has 3 aromatic rings. The minimum absolute atomic E-state index is 0.108. The van der Waals surface area contributed by atoms with E-state index in [4.69, 9.17) is 0 Å². The Balaban J connectivity index is 2.10. The predicted molar refractivity (Wildman–Crippen MR) is 124 cm³/mol. The third-order valence-electron chi connectivity index (χ3n) is 4.70. The molecule has 2 N–H and O–H groups in total. The summed E-state index contributed by atoms with van der Waals surface area (Å²) in [6, 6.07) is 15.2. The van der Waals surface area contributed by atoms with Gasteiger partial charge in [0.1, 0.15) is 0 Å². The average Bonchev–Trinajstić information content (AvgIpc) is 2.73. The monoisotopic (exact) mass is 486 g/mol. The second kappa shape index (κ2) is 9.16. The van der Waals surface area contributed by atoms with Gasteiger partial charge in [-0.15, -0.1) is 0 Å². The molecule has 0 unspecified atom stereocenters. The third-order valence-corrected chi connectivity index (χ3v) is 8.62. The van der Waals surface area contributed by atoms with Crippen LogP contribution in [0.1, 0.15) is 19.4 Å². The minimum atomic E-state index is -4.21. The van der Waals surface area contributed by atoms with Gasteiger partial charge in [-0.25, -0.2) is 16.8 Å². The molecule has 8 nitrogen and oxygen atoms in total. The van der Waals surface area contributed by atoms with Gasteiger partial charge in [0.2, 0.25) is 31.5 Å². The summed E-state index contributed by atoms with van der Waals surface area (Å²) in [5.74, 6) is -0.607. The number of carbonyl (C=O) groups excluding carboxylic acids is 2. The zero-order valence-electron chi connectivity index (χ0n) is 18.1. The highest BCUT2D eigenvalue weighted by Gasteiger charge is 2.30. The van der Waals surface area contributed by atoms with Gasteiger partial charge in [-0.2, -0.15) is 0 Å². The van der Waals surface area contributed by atoms with Gasteiger partial charge in [-0.05, 0) is 67.1 Å². The fourth-order valence-corrected chi connectivity index (χ4v) is 6.89. The molecule has 0 aliphatic heterocycles. The molecule has 0 spiro atoms. The molecule has 0 radical (unpaired) electrons. The Morgan fingerprint density at radius 2 is 1.06 bits per heavy atom. The normalized spacial score (nSPS) is 11.6. The summed E-state index contributed by atoms with van der Waals surface area (Å²) >= 11 is 0. The lowest BCUT2D eigenvalue weighted by Crippen LogP contribution is -2.13. The van der Waals surface area contributed by atoms with E-state index in [1.807, 2.05) is 0 Å². The van der Waals surface area contributed by atoms with Crippen molar-refractivity contribution in [3.8, 4) is 0 Å². The second-order valence-corrected chi connectivity index (χ2v) is 11.1. The van der Waals surface area contributed by atoms with Crippen LogP contribution in [0.25, 0.3) is 0 Å². The van der Waals surface area contributed by atoms with Crippen molar-refractivity contribution in [3.05, 3.63) is 72.3 Å². The Morgan fingerprint density at radius 3 is 1.48 bits per heavy atom. The van der Waals surface area contributed by atoms with Crippen molar-refractivity contribution in [3.63, 3.8) is 0 Å². The molecule has 0 aliphatic carbocycles. The molecule has 0 saturated heterocycles. The molecule has 172 valence electrons. The van der Waals surface area contributed by atoms with E-state index in [2.05, 4.69) is 10.6 Å². The van der Waals surface area contributed by atoms with Gasteiger partial charge in [-0.3, -0.25) is 9.59 Å². The fourth-order valence-electron chi connectivity index (χ4n) is 3.27. The Hall–Kier alpha value is -3.50. The van der Waals surface area contributed by atoms with E-state index in [9.17, 15) is 26.4 Å². The first kappa shape index (κ1) is 24.1. The lowest BCUT2D eigenvalue weighted by atomic mass is 10.2. The van der Waals surface area contributed by atoms with E-state index in [1.54, 1.807) is 0 Å². The summed E-state index contributed by atoms with van der Waals surface area (Å²) < 4.78 is 53.7. The van der Waals surface area contributed by atoms with Gasteiger partial charge >= 0.3 is 0 Å². The molecule has 0 fully saturated rings. The first-order valence-electron chi connectivity index (χ1n) is 9.78. The minimum Gasteiger partial charge on any atom is -0.326 e. The van der Waals surface area contributed by atoms with Gasteiger partial charge in [0.25, 0.3) is 0 Å². The predicted octanol–water partition coefficient (Wildman–Crippen LogP) is 3.58. The molecule has 3 rings (SSSR count). The molecule has 0 heterocycles. The lowest BCUT2D eigenvalue weighted by molar-refractivity contribution is -0.115. The lowest BCUT2D eigenvalue weighted by Gasteiger charge is -2.15. The maximum absolute atomic E-state index is 13.5. The van der Waals surface area contributed by atoms with Gasteiger partial charge in [-0.1, -0.05) is 12.1 Å². The summed E-state index contributed by atoms with van der Waals surface area (Å²) in [6.45, 7) is 4.19. The number of aryl methyl sites for hydroxylation is 1. The van der Waals surface area contributed by atoms with Crippen molar-refractivity contribution in [2.24, 2.45) is 0 Å². The number of hydrogen-bond acceptors (Lipinski definition) is 6. The average molecular weight is 487 g/mol. The Kier molecular flexibility index (Phi) is 6.71. The van der Waals surface area contributed by atoms with E-state index in [0.29, 0.717) is 11.4 Å². The van der Waals surface area contributed by atoms with E-state index < -0.39 is 19.7 Å². The smallest absolute Gasteiger partial charge is 0.221 e. The number of benzene rings is 3. The standard InChI is InChI=1S/C23H22N2O6S2/c1-15-5-4-6-22(32(28,29)20-11-7-18(8-12-20)24-16(2)26)23(15)33(30,31)21-13-9-19(10-14-21)25-17(3)27/h4-14H,1-3H3,(H,24,26)(H,25,27). The Bertz CT molecular complexity index is 1430. The van der Waals surface area contributed by atoms with E-state index >= 15 is 0 Å². The van der Waals surface area contributed by atoms with Crippen LogP contribution in [0.3, 0.4) is 0 Å². The fraction of sp³-hybridized carbons (Fsp3) is 0.130. The highest BCUT2D eigenvalue weighted by atomic mass is 32.2. The van der Waals surface area contributed by atoms with Crippen LogP contribution in [0.15, 0.2) is 86.3 Å². The van der Waals surface area contributed by atoms with Crippen LogP contribution in [0.4, 0.5) is 11.4 Å². The van der Waals surface area contributed by atoms with Crippen molar-refractivity contribution in [1.82, 2.24) is 0 Å². The largest absolute Gasteiger partial charge is 0.326 e. The number of rotatable bonds is 6. The van der Waals surface area contributed by atoms with E-state index in [1.165, 1.54) is 87.5 Å². The molecule has 3 aromatic carbocycles. The van der Waals surface area contributed by atoms with Crippen LogP contribution >= 0.6 is 0 Å². The number of carbonyl (C=O) groups is 2. The highest BCUT2D eigenvalue weighted by Crippen LogP contribution is 2.34. The van der Waals surface area contributed by atoms with E-state index in [0.717, 1.165) is 0 Å². The Morgan fingerprint density at radius 1 is 0.636 bits per heavy atom. The number of hydrogen-bond donors (Lipinski definition) is 2. The molecule has 0 saturated carbocycles. The van der Waals surface area contributed by atoms with E-state index in [-0.39, 0.29) is 37.0 Å². The second-order valence-electron chi connectivity index (χ2n) is 7.32. The highest BCUT2D eigenvalue weighted by molar-refractivity contribution is 7.94. The van der Waals surface area contributed by atoms with Crippen LogP contribution in [0, 0.1) is 6.92 Å². The zero-order valence-corrected chi connectivity index (χ0v) is 19.7. The first-order chi connectivity index (χ1) is 15.4. The number of sulfone groups is 2. The molecule has 0 aliphatic rings. The zero-order chi connectivity index (χ0) is 24.4. The number of nitrogens with one attached hydrogen (secondary N) is 2. The van der Waals surface area contributed by atoms with Crippen LogP contribution in [0.5, 0.6) is 0 Å². The molecule has 2 amide bonds. The maximum atomic E-state index is 13.5. The summed E-state index contributed by atoms with van der Waals surface area (Å²) in [7, 11) is -8.41. The molecule has 0 atom stereocenters. The summed E-state index contributed by atoms with van der Waals surface area (Å²) in [4.78, 5) is 21.5. The van der Waals surface area contributed by atoms with Gasteiger partial charge < -0.3 is 10.6 Å². The van der Waals surface area contributed by atoms with Gasteiger partial charge in [0.05, 0.1) is 19.6 Å². The van der Waals surface area contributed by atoms with Crippen LogP contribution in [0.2, 0.25) is 0 Å². The van der Waals surface area contributed by atoms with Crippen LogP contribution < -0.4 is 10.6 Å².